The molecule has 2 atom stereocenters. The molecule has 0 radical (unpaired) electrons. The van der Waals surface area contributed by atoms with Gasteiger partial charge in [0.1, 0.15) is 11.5 Å². The SMILES string of the molecule is CC(Cc1cccc(CC(=O)NCCc2ccccc2Cl)c1)NCC(O)c1cc(O)cc(O)c1. The third-order valence-corrected chi connectivity index (χ3v) is 5.91. The van der Waals surface area contributed by atoms with Gasteiger partial charge in [0, 0.05) is 30.2 Å². The Morgan fingerprint density at radius 2 is 1.68 bits per heavy atom. The molecule has 0 aliphatic carbocycles. The quantitative estimate of drug-likeness (QED) is 0.285. The maximum atomic E-state index is 12.4. The molecular formula is C27H31ClN2O4. The molecule has 0 aromatic heterocycles. The van der Waals surface area contributed by atoms with Gasteiger partial charge in [-0.2, -0.15) is 0 Å². The van der Waals surface area contributed by atoms with E-state index in [1.807, 2.05) is 55.5 Å². The van der Waals surface area contributed by atoms with E-state index in [4.69, 9.17) is 11.6 Å². The maximum absolute atomic E-state index is 12.4. The zero-order valence-electron chi connectivity index (χ0n) is 19.2. The Morgan fingerprint density at radius 1 is 0.971 bits per heavy atom. The number of aliphatic hydroxyl groups is 1. The molecule has 0 fully saturated rings. The summed E-state index contributed by atoms with van der Waals surface area (Å²) in [5.74, 6) is -0.216. The highest BCUT2D eigenvalue weighted by Gasteiger charge is 2.13. The highest BCUT2D eigenvalue weighted by Crippen LogP contribution is 2.24. The number of phenols is 2. The molecule has 3 aromatic rings. The maximum Gasteiger partial charge on any atom is 0.224 e. The topological polar surface area (TPSA) is 102 Å². The molecule has 3 rings (SSSR count). The number of benzene rings is 3. The number of carbonyl (C=O) groups excluding carboxylic acids is 1. The van der Waals surface area contributed by atoms with E-state index in [2.05, 4.69) is 10.6 Å². The Bertz CT molecular complexity index is 1090. The minimum atomic E-state index is -0.860. The van der Waals surface area contributed by atoms with Crippen molar-refractivity contribution in [2.75, 3.05) is 13.1 Å². The van der Waals surface area contributed by atoms with E-state index >= 15 is 0 Å². The lowest BCUT2D eigenvalue weighted by Gasteiger charge is -2.18. The van der Waals surface area contributed by atoms with Crippen LogP contribution in [0.3, 0.4) is 0 Å². The summed E-state index contributed by atoms with van der Waals surface area (Å²) in [5.41, 5.74) is 3.49. The van der Waals surface area contributed by atoms with E-state index in [9.17, 15) is 20.1 Å². The number of aromatic hydroxyl groups is 2. The highest BCUT2D eigenvalue weighted by atomic mass is 35.5. The molecule has 0 aliphatic heterocycles. The summed E-state index contributed by atoms with van der Waals surface area (Å²) in [6.45, 7) is 2.82. The molecule has 3 aromatic carbocycles. The van der Waals surface area contributed by atoms with Crippen molar-refractivity contribution in [2.24, 2.45) is 0 Å². The second-order valence-corrected chi connectivity index (χ2v) is 8.91. The van der Waals surface area contributed by atoms with Crippen molar-refractivity contribution >= 4 is 17.5 Å². The van der Waals surface area contributed by atoms with Gasteiger partial charge < -0.3 is 26.0 Å². The Balaban J connectivity index is 1.44. The standard InChI is InChI=1S/C27H31ClN2O4/c1-18(30-17-26(33)22-14-23(31)16-24(32)15-22)11-19-5-4-6-20(12-19)13-27(34)29-10-9-21-7-2-3-8-25(21)28/h2-8,12,14-16,18,26,30-33H,9-11,13,17H2,1H3,(H,29,34). The van der Waals surface area contributed by atoms with E-state index in [-0.39, 0.29) is 30.0 Å². The lowest BCUT2D eigenvalue weighted by Crippen LogP contribution is -2.32. The van der Waals surface area contributed by atoms with Crippen LogP contribution in [0.1, 0.15) is 35.3 Å². The van der Waals surface area contributed by atoms with Gasteiger partial charge in [-0.3, -0.25) is 4.79 Å². The number of hydrogen-bond acceptors (Lipinski definition) is 5. The second kappa shape index (κ2) is 12.4. The number of nitrogens with one attached hydrogen (secondary N) is 2. The zero-order valence-corrected chi connectivity index (χ0v) is 19.9. The average molecular weight is 483 g/mol. The fourth-order valence-corrected chi connectivity index (χ4v) is 4.05. The van der Waals surface area contributed by atoms with Crippen molar-refractivity contribution in [2.45, 2.75) is 38.3 Å². The Hall–Kier alpha value is -3.06. The summed E-state index contributed by atoms with van der Waals surface area (Å²) in [7, 11) is 0. The van der Waals surface area contributed by atoms with Crippen LogP contribution < -0.4 is 10.6 Å². The summed E-state index contributed by atoms with van der Waals surface area (Å²) in [6, 6.07) is 19.7. The Labute approximate surface area is 205 Å². The van der Waals surface area contributed by atoms with Gasteiger partial charge in [-0.05, 0) is 60.2 Å². The van der Waals surface area contributed by atoms with Crippen LogP contribution >= 0.6 is 11.6 Å². The number of amides is 1. The third-order valence-electron chi connectivity index (χ3n) is 5.54. The monoisotopic (exact) mass is 482 g/mol. The van der Waals surface area contributed by atoms with Crippen LogP contribution in [0.4, 0.5) is 0 Å². The molecule has 0 saturated heterocycles. The first-order chi connectivity index (χ1) is 16.3. The van der Waals surface area contributed by atoms with Gasteiger partial charge in [0.25, 0.3) is 0 Å². The molecular weight excluding hydrogens is 452 g/mol. The molecule has 0 heterocycles. The molecule has 1 amide bonds. The Kier molecular flexibility index (Phi) is 9.33. The molecule has 0 aliphatic rings. The zero-order chi connectivity index (χ0) is 24.5. The minimum Gasteiger partial charge on any atom is -0.508 e. The van der Waals surface area contributed by atoms with E-state index in [1.54, 1.807) is 0 Å². The number of rotatable bonds is 11. The average Bonchev–Trinajstić information content (AvgIpc) is 2.78. The van der Waals surface area contributed by atoms with Crippen LogP contribution in [0.15, 0.2) is 66.7 Å². The van der Waals surface area contributed by atoms with E-state index < -0.39 is 6.10 Å². The van der Waals surface area contributed by atoms with Crippen LogP contribution in [-0.2, 0) is 24.1 Å². The first-order valence-corrected chi connectivity index (χ1v) is 11.7. The van der Waals surface area contributed by atoms with Crippen molar-refractivity contribution in [3.05, 3.63) is 94.0 Å². The first kappa shape index (κ1) is 25.6. The Morgan fingerprint density at radius 3 is 2.41 bits per heavy atom. The fourth-order valence-electron chi connectivity index (χ4n) is 3.82. The van der Waals surface area contributed by atoms with Gasteiger partial charge in [0.05, 0.1) is 12.5 Å². The van der Waals surface area contributed by atoms with Gasteiger partial charge in [-0.15, -0.1) is 0 Å². The molecule has 34 heavy (non-hydrogen) atoms. The van der Waals surface area contributed by atoms with E-state index in [0.717, 1.165) is 23.1 Å². The number of hydrogen-bond donors (Lipinski definition) is 5. The van der Waals surface area contributed by atoms with Gasteiger partial charge >= 0.3 is 0 Å². The number of halogens is 1. The first-order valence-electron chi connectivity index (χ1n) is 11.3. The number of carbonyl (C=O) groups is 1. The van der Waals surface area contributed by atoms with Crippen molar-refractivity contribution in [1.29, 1.82) is 0 Å². The van der Waals surface area contributed by atoms with Gasteiger partial charge in [-0.25, -0.2) is 0 Å². The van der Waals surface area contributed by atoms with Crippen molar-refractivity contribution < 1.29 is 20.1 Å². The molecule has 5 N–H and O–H groups in total. The smallest absolute Gasteiger partial charge is 0.224 e. The van der Waals surface area contributed by atoms with Crippen LogP contribution in [0, 0.1) is 0 Å². The summed E-state index contributed by atoms with van der Waals surface area (Å²) < 4.78 is 0. The summed E-state index contributed by atoms with van der Waals surface area (Å²) in [4.78, 5) is 12.4. The van der Waals surface area contributed by atoms with E-state index in [0.29, 0.717) is 30.0 Å². The largest absolute Gasteiger partial charge is 0.508 e. The van der Waals surface area contributed by atoms with Crippen molar-refractivity contribution in [1.82, 2.24) is 10.6 Å². The van der Waals surface area contributed by atoms with Crippen LogP contribution in [0.5, 0.6) is 11.5 Å². The molecule has 0 saturated carbocycles. The van der Waals surface area contributed by atoms with Gasteiger partial charge in [-0.1, -0.05) is 54.1 Å². The third kappa shape index (κ3) is 8.06. The minimum absolute atomic E-state index is 0.0344. The summed E-state index contributed by atoms with van der Waals surface area (Å²) >= 11 is 6.16. The predicted molar refractivity (Wildman–Crippen MR) is 134 cm³/mol. The van der Waals surface area contributed by atoms with E-state index in [1.165, 1.54) is 18.2 Å². The van der Waals surface area contributed by atoms with Crippen molar-refractivity contribution in [3.8, 4) is 11.5 Å². The van der Waals surface area contributed by atoms with Crippen molar-refractivity contribution in [3.63, 3.8) is 0 Å². The van der Waals surface area contributed by atoms with Crippen LogP contribution in [0.2, 0.25) is 5.02 Å². The van der Waals surface area contributed by atoms with Gasteiger partial charge in [0.15, 0.2) is 0 Å². The summed E-state index contributed by atoms with van der Waals surface area (Å²) in [6.07, 6.45) is 0.849. The van der Waals surface area contributed by atoms with Crippen LogP contribution in [-0.4, -0.2) is 40.4 Å². The molecule has 6 nitrogen and oxygen atoms in total. The number of phenolic OH excluding ortho intramolecular Hbond substituents is 2. The fraction of sp³-hybridized carbons (Fsp3) is 0.296. The molecule has 0 bridgehead atoms. The highest BCUT2D eigenvalue weighted by molar-refractivity contribution is 6.31. The molecule has 0 spiro atoms. The molecule has 180 valence electrons. The summed E-state index contributed by atoms with van der Waals surface area (Å²) in [5, 5.41) is 36.5. The lowest BCUT2D eigenvalue weighted by atomic mass is 10.0. The van der Waals surface area contributed by atoms with Gasteiger partial charge in [0.2, 0.25) is 5.91 Å². The molecule has 7 heteroatoms. The normalized spacial score (nSPS) is 12.8. The van der Waals surface area contributed by atoms with Crippen LogP contribution in [0.25, 0.3) is 0 Å². The second-order valence-electron chi connectivity index (χ2n) is 8.50. The predicted octanol–water partition coefficient (Wildman–Crippen LogP) is 3.91. The number of aliphatic hydroxyl groups excluding tert-OH is 1. The lowest BCUT2D eigenvalue weighted by molar-refractivity contribution is -0.120. The molecule has 2 unspecified atom stereocenters.